The van der Waals surface area contributed by atoms with Crippen molar-refractivity contribution >= 4 is 51.1 Å². The number of aromatic nitrogens is 1. The molecule has 1 heterocycles. The predicted octanol–water partition coefficient (Wildman–Crippen LogP) is 3.15. The van der Waals surface area contributed by atoms with Crippen LogP contribution in [0.1, 0.15) is 5.56 Å². The number of carbonyl (C=O) groups is 1. The molecule has 132 valence electrons. The second-order valence-electron chi connectivity index (χ2n) is 5.03. The zero-order chi connectivity index (χ0) is 18.5. The molecule has 0 aliphatic heterocycles. The van der Waals surface area contributed by atoms with Gasteiger partial charge in [-0.3, -0.25) is 14.9 Å². The number of rotatable bonds is 6. The average molecular weight is 388 g/mol. The van der Waals surface area contributed by atoms with Crippen LogP contribution < -0.4 is 5.43 Å². The maximum atomic E-state index is 11.8. The van der Waals surface area contributed by atoms with Crippen LogP contribution >= 0.6 is 23.1 Å². The number of thioether (sulfide) groups is 1. The van der Waals surface area contributed by atoms with Crippen molar-refractivity contribution in [3.05, 3.63) is 58.1 Å². The van der Waals surface area contributed by atoms with Crippen LogP contribution in [-0.2, 0) is 4.79 Å². The van der Waals surface area contributed by atoms with Gasteiger partial charge in [-0.1, -0.05) is 23.9 Å². The van der Waals surface area contributed by atoms with Crippen LogP contribution in [0.3, 0.4) is 0 Å². The van der Waals surface area contributed by atoms with E-state index in [9.17, 15) is 20.0 Å². The Labute approximate surface area is 155 Å². The molecule has 10 heteroatoms. The zero-order valence-corrected chi connectivity index (χ0v) is 14.8. The molecule has 0 fully saturated rings. The highest BCUT2D eigenvalue weighted by atomic mass is 32.2. The number of carbonyl (C=O) groups excluding carboxylic acids is 1. The number of phenols is 1. The number of nitro benzene ring substituents is 1. The molecule has 8 nitrogen and oxygen atoms in total. The van der Waals surface area contributed by atoms with Gasteiger partial charge in [-0.05, 0) is 18.2 Å². The van der Waals surface area contributed by atoms with Gasteiger partial charge >= 0.3 is 0 Å². The van der Waals surface area contributed by atoms with Gasteiger partial charge < -0.3 is 5.11 Å². The number of nitrogens with one attached hydrogen (secondary N) is 1. The van der Waals surface area contributed by atoms with Crippen molar-refractivity contribution in [3.63, 3.8) is 0 Å². The highest BCUT2D eigenvalue weighted by Crippen LogP contribution is 2.29. The number of fused-ring (bicyclic) bond motifs is 1. The molecule has 3 rings (SSSR count). The lowest BCUT2D eigenvalue weighted by Gasteiger charge is -2.00. The molecule has 0 bridgehead atoms. The summed E-state index contributed by atoms with van der Waals surface area (Å²) >= 11 is 2.80. The summed E-state index contributed by atoms with van der Waals surface area (Å²) in [6, 6.07) is 11.3. The number of hydrazone groups is 1. The fourth-order valence-corrected chi connectivity index (χ4v) is 3.87. The maximum absolute atomic E-state index is 11.8. The molecule has 1 aromatic heterocycles. The molecular weight excluding hydrogens is 376 g/mol. The molecule has 2 aromatic carbocycles. The molecule has 0 radical (unpaired) electrons. The normalized spacial score (nSPS) is 11.1. The number of amides is 1. The fraction of sp³-hybridized carbons (Fsp3) is 0.0625. The average Bonchev–Trinajstić information content (AvgIpc) is 3.04. The van der Waals surface area contributed by atoms with Crippen molar-refractivity contribution < 1.29 is 14.8 Å². The summed E-state index contributed by atoms with van der Waals surface area (Å²) in [4.78, 5) is 26.4. The third kappa shape index (κ3) is 4.35. The third-order valence-electron chi connectivity index (χ3n) is 3.22. The lowest BCUT2D eigenvalue weighted by atomic mass is 10.2. The molecule has 1 amide bonds. The van der Waals surface area contributed by atoms with E-state index in [2.05, 4.69) is 15.5 Å². The van der Waals surface area contributed by atoms with E-state index in [1.807, 2.05) is 24.3 Å². The van der Waals surface area contributed by atoms with Crippen molar-refractivity contribution in [1.82, 2.24) is 10.4 Å². The van der Waals surface area contributed by atoms with Crippen molar-refractivity contribution in [2.45, 2.75) is 4.34 Å². The fourth-order valence-electron chi connectivity index (χ4n) is 2.01. The number of hydrogen-bond acceptors (Lipinski definition) is 8. The Morgan fingerprint density at radius 3 is 2.96 bits per heavy atom. The van der Waals surface area contributed by atoms with Crippen LogP contribution in [0.15, 0.2) is 51.9 Å². The Balaban J connectivity index is 1.56. The molecule has 0 aliphatic carbocycles. The summed E-state index contributed by atoms with van der Waals surface area (Å²) in [6.45, 7) is 0. The van der Waals surface area contributed by atoms with Crippen molar-refractivity contribution in [1.29, 1.82) is 0 Å². The van der Waals surface area contributed by atoms with Crippen molar-refractivity contribution in [2.24, 2.45) is 5.10 Å². The lowest BCUT2D eigenvalue weighted by molar-refractivity contribution is -0.384. The van der Waals surface area contributed by atoms with E-state index in [-0.39, 0.29) is 28.7 Å². The maximum Gasteiger partial charge on any atom is 0.270 e. The van der Waals surface area contributed by atoms with E-state index in [4.69, 9.17) is 0 Å². The highest BCUT2D eigenvalue weighted by Gasteiger charge is 2.09. The van der Waals surface area contributed by atoms with E-state index in [0.717, 1.165) is 20.8 Å². The van der Waals surface area contributed by atoms with Crippen LogP contribution in [0.5, 0.6) is 5.75 Å². The molecule has 0 saturated heterocycles. The second-order valence-corrected chi connectivity index (χ2v) is 7.28. The van der Waals surface area contributed by atoms with Crippen molar-refractivity contribution in [3.8, 4) is 5.75 Å². The number of nitro groups is 1. The van der Waals surface area contributed by atoms with Gasteiger partial charge in [0, 0.05) is 17.7 Å². The number of non-ortho nitro benzene ring substituents is 1. The molecule has 0 spiro atoms. The van der Waals surface area contributed by atoms with Crippen molar-refractivity contribution in [2.75, 3.05) is 5.75 Å². The summed E-state index contributed by atoms with van der Waals surface area (Å²) in [5.41, 5.74) is 3.16. The number of hydrogen-bond donors (Lipinski definition) is 2. The summed E-state index contributed by atoms with van der Waals surface area (Å²) < 4.78 is 1.83. The summed E-state index contributed by atoms with van der Waals surface area (Å²) in [6.07, 6.45) is 1.16. The van der Waals surface area contributed by atoms with Gasteiger partial charge in [-0.15, -0.1) is 11.3 Å². The van der Waals surface area contributed by atoms with Gasteiger partial charge in [0.15, 0.2) is 4.34 Å². The predicted molar refractivity (Wildman–Crippen MR) is 101 cm³/mol. The van der Waals surface area contributed by atoms with E-state index < -0.39 is 4.92 Å². The summed E-state index contributed by atoms with van der Waals surface area (Å²) in [5.74, 6) is -0.397. The molecule has 2 N–H and O–H groups in total. The first kappa shape index (κ1) is 17.8. The number of nitrogens with zero attached hydrogens (tertiary/aromatic N) is 3. The Hall–Kier alpha value is -2.98. The van der Waals surface area contributed by atoms with Crippen LogP contribution in [0, 0.1) is 10.1 Å². The third-order valence-corrected chi connectivity index (χ3v) is 5.40. The minimum atomic E-state index is -0.579. The zero-order valence-electron chi connectivity index (χ0n) is 13.2. The largest absolute Gasteiger partial charge is 0.507 e. The minimum Gasteiger partial charge on any atom is -0.507 e. The van der Waals surface area contributed by atoms with Gasteiger partial charge in [-0.2, -0.15) is 5.10 Å². The van der Waals surface area contributed by atoms with Gasteiger partial charge in [0.2, 0.25) is 0 Å². The van der Waals surface area contributed by atoms with Gasteiger partial charge in [0.1, 0.15) is 5.75 Å². The van der Waals surface area contributed by atoms with Gasteiger partial charge in [0.25, 0.3) is 11.6 Å². The van der Waals surface area contributed by atoms with Gasteiger partial charge in [0.05, 0.1) is 27.1 Å². The van der Waals surface area contributed by atoms with Crippen LogP contribution in [-0.4, -0.2) is 32.9 Å². The Morgan fingerprint density at radius 1 is 1.38 bits per heavy atom. The first-order valence-corrected chi connectivity index (χ1v) is 9.11. The molecule has 0 unspecified atom stereocenters. The number of para-hydroxylation sites is 1. The Kier molecular flexibility index (Phi) is 5.44. The monoisotopic (exact) mass is 388 g/mol. The first-order chi connectivity index (χ1) is 12.5. The van der Waals surface area contributed by atoms with Crippen LogP contribution in [0.25, 0.3) is 10.2 Å². The highest BCUT2D eigenvalue weighted by molar-refractivity contribution is 8.01. The van der Waals surface area contributed by atoms with E-state index in [1.54, 1.807) is 0 Å². The summed E-state index contributed by atoms with van der Waals surface area (Å²) in [5, 5.41) is 24.1. The first-order valence-electron chi connectivity index (χ1n) is 7.30. The lowest BCUT2D eigenvalue weighted by Crippen LogP contribution is -2.19. The number of thiazole rings is 1. The van der Waals surface area contributed by atoms with E-state index in [1.165, 1.54) is 41.3 Å². The number of aromatic hydroxyl groups is 1. The Bertz CT molecular complexity index is 970. The minimum absolute atomic E-state index is 0.123. The van der Waals surface area contributed by atoms with Gasteiger partial charge in [-0.25, -0.2) is 10.4 Å². The van der Waals surface area contributed by atoms with Crippen LogP contribution in [0.4, 0.5) is 5.69 Å². The summed E-state index contributed by atoms with van der Waals surface area (Å²) in [7, 11) is 0. The number of benzene rings is 2. The van der Waals surface area contributed by atoms with E-state index >= 15 is 0 Å². The molecule has 0 atom stereocenters. The molecule has 26 heavy (non-hydrogen) atoms. The van der Waals surface area contributed by atoms with E-state index in [0.29, 0.717) is 0 Å². The molecule has 0 aliphatic rings. The topological polar surface area (TPSA) is 118 Å². The quantitative estimate of drug-likeness (QED) is 0.290. The number of phenolic OH excluding ortho intramolecular Hbond substituents is 1. The standard InChI is InChI=1S/C16H12N4O4S2/c21-13-6-5-11(20(23)24)7-10(13)8-17-19-15(22)9-25-16-18-12-3-1-2-4-14(12)26-16/h1-8,21H,9H2,(H,19,22). The molecule has 0 saturated carbocycles. The second kappa shape index (κ2) is 7.93. The Morgan fingerprint density at radius 2 is 2.19 bits per heavy atom. The molecule has 3 aromatic rings. The van der Waals surface area contributed by atoms with Crippen LogP contribution in [0.2, 0.25) is 0 Å². The smallest absolute Gasteiger partial charge is 0.270 e. The SMILES string of the molecule is O=C(CSc1nc2ccccc2s1)NN=Cc1cc([N+](=O)[O-])ccc1O. The molecular formula is C16H12N4O4S2.